The molecule has 0 bridgehead atoms. The molecule has 0 aliphatic heterocycles. The minimum atomic E-state index is -3.49. The molecule has 3 N–H and O–H groups in total. The lowest BCUT2D eigenvalue weighted by Gasteiger charge is -2.29. The number of halogens is 1. The van der Waals surface area contributed by atoms with Gasteiger partial charge in [-0.2, -0.15) is 0 Å². The summed E-state index contributed by atoms with van der Waals surface area (Å²) in [5.41, 5.74) is 5.44. The van der Waals surface area contributed by atoms with Crippen LogP contribution in [0, 0.1) is 11.3 Å². The molecule has 0 saturated heterocycles. The van der Waals surface area contributed by atoms with E-state index in [4.69, 9.17) is 5.73 Å². The average molecular weight is 369 g/mol. The molecule has 0 fully saturated rings. The van der Waals surface area contributed by atoms with Gasteiger partial charge < -0.3 is 5.73 Å². The number of hydrogen-bond donors (Lipinski definition) is 2. The van der Waals surface area contributed by atoms with Crippen LogP contribution < -0.4 is 10.5 Å². The molecule has 0 spiro atoms. The number of hydrogen-bond acceptors (Lipinski definition) is 4. The summed E-state index contributed by atoms with van der Waals surface area (Å²) < 4.78 is 27.8. The van der Waals surface area contributed by atoms with Gasteiger partial charge in [-0.3, -0.25) is 0 Å². The molecule has 1 heterocycles. The quantitative estimate of drug-likeness (QED) is 0.810. The monoisotopic (exact) mass is 368 g/mol. The van der Waals surface area contributed by atoms with Crippen LogP contribution in [0.5, 0.6) is 0 Å². The number of rotatable bonds is 6. The standard InChI is InChI=1S/C12H21BrN2O2S2/c1-8(2)12(3,4)7-15-19(16,17)10-5-9(6-14)18-11(10)13/h5,8,15H,6-7,14H2,1-4H3. The summed E-state index contributed by atoms with van der Waals surface area (Å²) in [4.78, 5) is 1.12. The molecule has 0 saturated carbocycles. The zero-order chi connectivity index (χ0) is 14.8. The second kappa shape index (κ2) is 6.22. The van der Waals surface area contributed by atoms with E-state index < -0.39 is 10.0 Å². The largest absolute Gasteiger partial charge is 0.326 e. The van der Waals surface area contributed by atoms with Crippen molar-refractivity contribution in [3.8, 4) is 0 Å². The molecule has 1 rings (SSSR count). The first-order valence-electron chi connectivity index (χ1n) is 6.08. The summed E-state index contributed by atoms with van der Waals surface area (Å²) in [7, 11) is -3.49. The zero-order valence-corrected chi connectivity index (χ0v) is 14.9. The highest BCUT2D eigenvalue weighted by atomic mass is 79.9. The van der Waals surface area contributed by atoms with Gasteiger partial charge in [0.2, 0.25) is 10.0 Å². The van der Waals surface area contributed by atoms with E-state index in [1.807, 2.05) is 13.8 Å². The molecule has 7 heteroatoms. The first-order valence-corrected chi connectivity index (χ1v) is 9.17. The highest BCUT2D eigenvalue weighted by Crippen LogP contribution is 2.32. The molecule has 0 radical (unpaired) electrons. The van der Waals surface area contributed by atoms with Gasteiger partial charge in [-0.25, -0.2) is 13.1 Å². The van der Waals surface area contributed by atoms with Crippen LogP contribution in [0.15, 0.2) is 14.7 Å². The Morgan fingerprint density at radius 1 is 1.47 bits per heavy atom. The molecule has 19 heavy (non-hydrogen) atoms. The minimum absolute atomic E-state index is 0.0910. The van der Waals surface area contributed by atoms with Crippen molar-refractivity contribution in [2.24, 2.45) is 17.1 Å². The van der Waals surface area contributed by atoms with E-state index in [0.29, 0.717) is 22.8 Å². The van der Waals surface area contributed by atoms with Crippen molar-refractivity contribution in [1.29, 1.82) is 0 Å². The molecule has 0 atom stereocenters. The van der Waals surface area contributed by atoms with Gasteiger partial charge in [0.1, 0.15) is 4.90 Å². The molecule has 0 aliphatic carbocycles. The predicted molar refractivity (Wildman–Crippen MR) is 83.7 cm³/mol. The van der Waals surface area contributed by atoms with E-state index in [9.17, 15) is 8.42 Å². The topological polar surface area (TPSA) is 72.2 Å². The number of sulfonamides is 1. The second-order valence-corrected chi connectivity index (χ2v) is 9.71. The Morgan fingerprint density at radius 2 is 2.05 bits per heavy atom. The summed E-state index contributed by atoms with van der Waals surface area (Å²) in [6.45, 7) is 9.02. The molecule has 0 aromatic carbocycles. The first kappa shape index (κ1) is 17.1. The molecule has 0 amide bonds. The Bertz CT molecular complexity index is 536. The maximum Gasteiger partial charge on any atom is 0.242 e. The first-order chi connectivity index (χ1) is 8.60. The maximum atomic E-state index is 12.3. The van der Waals surface area contributed by atoms with Gasteiger partial charge in [0, 0.05) is 18.0 Å². The summed E-state index contributed by atoms with van der Waals surface area (Å²) in [5.74, 6) is 0.390. The van der Waals surface area contributed by atoms with Crippen molar-refractivity contribution in [3.63, 3.8) is 0 Å². The Labute approximate surface area is 128 Å². The van der Waals surface area contributed by atoms with Gasteiger partial charge >= 0.3 is 0 Å². The van der Waals surface area contributed by atoms with Crippen molar-refractivity contribution in [2.45, 2.75) is 39.1 Å². The van der Waals surface area contributed by atoms with Crippen molar-refractivity contribution in [2.75, 3.05) is 6.54 Å². The van der Waals surface area contributed by atoms with Crippen LogP contribution in [-0.4, -0.2) is 15.0 Å². The van der Waals surface area contributed by atoms with Gasteiger partial charge in [-0.1, -0.05) is 27.7 Å². The number of nitrogens with one attached hydrogen (secondary N) is 1. The minimum Gasteiger partial charge on any atom is -0.326 e. The lowest BCUT2D eigenvalue weighted by Crippen LogP contribution is -2.36. The van der Waals surface area contributed by atoms with Gasteiger partial charge in [0.15, 0.2) is 0 Å². The van der Waals surface area contributed by atoms with Crippen molar-refractivity contribution < 1.29 is 8.42 Å². The molecule has 0 aliphatic rings. The van der Waals surface area contributed by atoms with Crippen LogP contribution in [0.25, 0.3) is 0 Å². The van der Waals surface area contributed by atoms with Crippen LogP contribution in [0.1, 0.15) is 32.6 Å². The highest BCUT2D eigenvalue weighted by Gasteiger charge is 2.27. The van der Waals surface area contributed by atoms with E-state index >= 15 is 0 Å². The van der Waals surface area contributed by atoms with Crippen molar-refractivity contribution in [1.82, 2.24) is 4.72 Å². The summed E-state index contributed by atoms with van der Waals surface area (Å²) in [5, 5.41) is 0. The highest BCUT2D eigenvalue weighted by molar-refractivity contribution is 9.11. The van der Waals surface area contributed by atoms with Crippen LogP contribution in [0.4, 0.5) is 0 Å². The lowest BCUT2D eigenvalue weighted by atomic mass is 9.81. The third-order valence-corrected chi connectivity index (χ3v) is 7.15. The molecule has 0 unspecified atom stereocenters. The molecule has 1 aromatic heterocycles. The summed E-state index contributed by atoms with van der Waals surface area (Å²) in [6.07, 6.45) is 0. The van der Waals surface area contributed by atoms with Gasteiger partial charge in [0.05, 0.1) is 3.79 Å². The van der Waals surface area contributed by atoms with Crippen LogP contribution in [0.2, 0.25) is 0 Å². The van der Waals surface area contributed by atoms with Crippen molar-refractivity contribution >= 4 is 37.3 Å². The Morgan fingerprint density at radius 3 is 2.47 bits per heavy atom. The van der Waals surface area contributed by atoms with E-state index in [1.165, 1.54) is 11.3 Å². The third kappa shape index (κ3) is 4.26. The van der Waals surface area contributed by atoms with E-state index in [1.54, 1.807) is 6.07 Å². The molecular formula is C12H21BrN2O2S2. The zero-order valence-electron chi connectivity index (χ0n) is 11.7. The Balaban J connectivity index is 2.90. The Kier molecular flexibility index (Phi) is 5.60. The van der Waals surface area contributed by atoms with Gasteiger partial charge in [0.25, 0.3) is 0 Å². The second-order valence-electron chi connectivity index (χ2n) is 5.52. The van der Waals surface area contributed by atoms with E-state index in [-0.39, 0.29) is 10.3 Å². The third-order valence-electron chi connectivity index (χ3n) is 3.48. The van der Waals surface area contributed by atoms with Crippen LogP contribution in [-0.2, 0) is 16.6 Å². The number of thiophene rings is 1. The summed E-state index contributed by atoms with van der Waals surface area (Å²) >= 11 is 4.64. The van der Waals surface area contributed by atoms with Crippen LogP contribution in [0.3, 0.4) is 0 Å². The fourth-order valence-corrected chi connectivity index (χ4v) is 5.03. The smallest absolute Gasteiger partial charge is 0.242 e. The lowest BCUT2D eigenvalue weighted by molar-refractivity contribution is 0.252. The Hall–Kier alpha value is 0.0500. The maximum absolute atomic E-state index is 12.3. The molecule has 4 nitrogen and oxygen atoms in total. The average Bonchev–Trinajstić information content (AvgIpc) is 2.69. The van der Waals surface area contributed by atoms with E-state index in [2.05, 4.69) is 34.5 Å². The predicted octanol–water partition coefficient (Wildman–Crippen LogP) is 2.93. The van der Waals surface area contributed by atoms with E-state index in [0.717, 1.165) is 4.88 Å². The van der Waals surface area contributed by atoms with Gasteiger partial charge in [-0.05, 0) is 33.3 Å². The molecule has 1 aromatic rings. The fraction of sp³-hybridized carbons (Fsp3) is 0.667. The molecule has 110 valence electrons. The van der Waals surface area contributed by atoms with Crippen LogP contribution >= 0.6 is 27.3 Å². The SMILES string of the molecule is CC(C)C(C)(C)CNS(=O)(=O)c1cc(CN)sc1Br. The molecular weight excluding hydrogens is 348 g/mol. The normalized spacial score (nSPS) is 13.2. The van der Waals surface area contributed by atoms with Crippen molar-refractivity contribution in [3.05, 3.63) is 14.7 Å². The van der Waals surface area contributed by atoms with Gasteiger partial charge in [-0.15, -0.1) is 11.3 Å². The number of nitrogens with two attached hydrogens (primary N) is 1. The summed E-state index contributed by atoms with van der Waals surface area (Å²) in [6, 6.07) is 1.62. The fourth-order valence-electron chi connectivity index (χ4n) is 1.24.